The highest BCUT2D eigenvalue weighted by molar-refractivity contribution is 6.31. The molecule has 0 fully saturated rings. The molecule has 1 N–H and O–H groups in total. The highest BCUT2D eigenvalue weighted by Gasteiger charge is 2.49. The van der Waals surface area contributed by atoms with Gasteiger partial charge in [-0.05, 0) is 42.5 Å². The van der Waals surface area contributed by atoms with Crippen molar-refractivity contribution in [3.05, 3.63) is 63.6 Å². The number of anilines is 1. The van der Waals surface area contributed by atoms with Gasteiger partial charge < -0.3 is 10.0 Å². The summed E-state index contributed by atoms with van der Waals surface area (Å²) in [6.07, 6.45) is -0.356. The van der Waals surface area contributed by atoms with Gasteiger partial charge in [0.2, 0.25) is 0 Å². The summed E-state index contributed by atoms with van der Waals surface area (Å²) in [7, 11) is 1.56. The van der Waals surface area contributed by atoms with Gasteiger partial charge in [0.25, 0.3) is 5.91 Å². The number of hydrogen-bond acceptors (Lipinski definition) is 3. The Hall–Kier alpha value is -1.88. The monoisotopic (exact) mass is 349 g/mol. The van der Waals surface area contributed by atoms with Crippen LogP contribution >= 0.6 is 23.2 Å². The molecular formula is C17H13Cl2NO3. The van der Waals surface area contributed by atoms with E-state index < -0.39 is 11.5 Å². The first-order valence-corrected chi connectivity index (χ1v) is 7.68. The molecule has 2 aromatic rings. The van der Waals surface area contributed by atoms with Crippen molar-refractivity contribution in [1.29, 1.82) is 0 Å². The maximum Gasteiger partial charge on any atom is 0.263 e. The number of nitrogens with zero attached hydrogens (tertiary/aromatic N) is 1. The number of benzene rings is 2. The second-order valence-corrected chi connectivity index (χ2v) is 6.37. The number of hydrogen-bond donors (Lipinski definition) is 1. The standard InChI is InChI=1S/C17H13Cl2NO3/c1-20-14-7-6-12(19)8-13(14)17(23,16(20)22)9-15(21)10-2-4-11(18)5-3-10/h2-8,23H,9H2,1H3. The molecule has 1 aliphatic heterocycles. The zero-order chi connectivity index (χ0) is 16.8. The smallest absolute Gasteiger partial charge is 0.263 e. The first kappa shape index (κ1) is 16.0. The van der Waals surface area contributed by atoms with Crippen LogP contribution in [0.2, 0.25) is 10.0 Å². The van der Waals surface area contributed by atoms with Crippen LogP contribution in [0.4, 0.5) is 5.69 Å². The van der Waals surface area contributed by atoms with Crippen LogP contribution in [0, 0.1) is 0 Å². The van der Waals surface area contributed by atoms with Crippen molar-refractivity contribution in [1.82, 2.24) is 0 Å². The summed E-state index contributed by atoms with van der Waals surface area (Å²) in [4.78, 5) is 26.3. The van der Waals surface area contributed by atoms with Gasteiger partial charge in [-0.25, -0.2) is 0 Å². The minimum atomic E-state index is -1.91. The SMILES string of the molecule is CN1C(=O)C(O)(CC(=O)c2ccc(Cl)cc2)c2cc(Cl)ccc21. The van der Waals surface area contributed by atoms with Gasteiger partial charge in [0.05, 0.1) is 12.1 Å². The van der Waals surface area contributed by atoms with Crippen LogP contribution in [0.15, 0.2) is 42.5 Å². The number of halogens is 2. The van der Waals surface area contributed by atoms with Crippen LogP contribution in [0.5, 0.6) is 0 Å². The summed E-state index contributed by atoms with van der Waals surface area (Å²) < 4.78 is 0. The number of fused-ring (bicyclic) bond motifs is 1. The number of ketones is 1. The Kier molecular flexibility index (Phi) is 3.92. The van der Waals surface area contributed by atoms with Crippen LogP contribution < -0.4 is 4.90 Å². The van der Waals surface area contributed by atoms with E-state index in [9.17, 15) is 14.7 Å². The molecule has 1 aliphatic rings. The van der Waals surface area contributed by atoms with Crippen molar-refractivity contribution in [2.24, 2.45) is 0 Å². The number of rotatable bonds is 3. The number of likely N-dealkylation sites (N-methyl/N-ethyl adjacent to an activating group) is 1. The minimum absolute atomic E-state index is 0.347. The summed E-state index contributed by atoms with van der Waals surface area (Å²) in [5, 5.41) is 11.8. The van der Waals surface area contributed by atoms with Crippen molar-refractivity contribution in [3.63, 3.8) is 0 Å². The molecule has 4 nitrogen and oxygen atoms in total. The molecule has 1 atom stereocenters. The Morgan fingerprint density at radius 1 is 1.13 bits per heavy atom. The Morgan fingerprint density at radius 2 is 1.74 bits per heavy atom. The van der Waals surface area contributed by atoms with E-state index >= 15 is 0 Å². The highest BCUT2D eigenvalue weighted by atomic mass is 35.5. The van der Waals surface area contributed by atoms with Gasteiger partial charge in [-0.3, -0.25) is 9.59 Å². The molecule has 0 aromatic heterocycles. The zero-order valence-corrected chi connectivity index (χ0v) is 13.7. The Morgan fingerprint density at radius 3 is 2.39 bits per heavy atom. The minimum Gasteiger partial charge on any atom is -0.375 e. The summed E-state index contributed by atoms with van der Waals surface area (Å²) in [6.45, 7) is 0. The molecule has 0 spiro atoms. The molecular weight excluding hydrogens is 337 g/mol. The Bertz CT molecular complexity index is 804. The molecule has 0 saturated carbocycles. The first-order chi connectivity index (χ1) is 10.8. The second kappa shape index (κ2) is 5.64. The van der Waals surface area contributed by atoms with E-state index in [1.807, 2.05) is 0 Å². The van der Waals surface area contributed by atoms with Gasteiger partial charge in [0, 0.05) is 28.2 Å². The number of amides is 1. The van der Waals surface area contributed by atoms with Crippen LogP contribution in [0.25, 0.3) is 0 Å². The van der Waals surface area contributed by atoms with E-state index in [4.69, 9.17) is 23.2 Å². The summed E-state index contributed by atoms with van der Waals surface area (Å²) in [6, 6.07) is 11.1. The summed E-state index contributed by atoms with van der Waals surface area (Å²) >= 11 is 11.8. The van der Waals surface area contributed by atoms with Crippen molar-refractivity contribution in [3.8, 4) is 0 Å². The van der Waals surface area contributed by atoms with Gasteiger partial charge in [0.15, 0.2) is 11.4 Å². The third kappa shape index (κ3) is 2.63. The van der Waals surface area contributed by atoms with E-state index in [0.29, 0.717) is 26.9 Å². The van der Waals surface area contributed by atoms with Crippen molar-refractivity contribution >= 4 is 40.6 Å². The van der Waals surface area contributed by atoms with Crippen LogP contribution in [0.3, 0.4) is 0 Å². The lowest BCUT2D eigenvalue weighted by Crippen LogP contribution is -2.40. The van der Waals surface area contributed by atoms with Gasteiger partial charge in [0.1, 0.15) is 0 Å². The number of aliphatic hydroxyl groups is 1. The predicted octanol–water partition coefficient (Wildman–Crippen LogP) is 3.43. The van der Waals surface area contributed by atoms with Crippen molar-refractivity contribution in [2.75, 3.05) is 11.9 Å². The Labute approximate surface area is 143 Å². The van der Waals surface area contributed by atoms with E-state index in [-0.39, 0.29) is 12.2 Å². The number of carbonyl (C=O) groups excluding carboxylic acids is 2. The Balaban J connectivity index is 1.98. The topological polar surface area (TPSA) is 57.6 Å². The van der Waals surface area contributed by atoms with Crippen LogP contribution in [-0.2, 0) is 10.4 Å². The zero-order valence-electron chi connectivity index (χ0n) is 12.2. The summed E-state index contributed by atoms with van der Waals surface area (Å²) in [5.41, 5.74) is -0.634. The fourth-order valence-corrected chi connectivity index (χ4v) is 3.07. The molecule has 1 amide bonds. The molecule has 1 heterocycles. The van der Waals surface area contributed by atoms with Crippen molar-refractivity contribution in [2.45, 2.75) is 12.0 Å². The molecule has 1 unspecified atom stereocenters. The molecule has 3 rings (SSSR count). The lowest BCUT2D eigenvalue weighted by Gasteiger charge is -2.21. The fraction of sp³-hybridized carbons (Fsp3) is 0.176. The maximum atomic E-state index is 12.5. The molecule has 23 heavy (non-hydrogen) atoms. The van der Waals surface area contributed by atoms with E-state index in [1.54, 1.807) is 43.4 Å². The molecule has 118 valence electrons. The highest BCUT2D eigenvalue weighted by Crippen LogP contribution is 2.43. The maximum absolute atomic E-state index is 12.5. The first-order valence-electron chi connectivity index (χ1n) is 6.92. The van der Waals surface area contributed by atoms with Gasteiger partial charge in [-0.1, -0.05) is 23.2 Å². The predicted molar refractivity (Wildman–Crippen MR) is 89.2 cm³/mol. The van der Waals surface area contributed by atoms with Crippen LogP contribution in [-0.4, -0.2) is 23.8 Å². The van der Waals surface area contributed by atoms with Crippen molar-refractivity contribution < 1.29 is 14.7 Å². The molecule has 0 bridgehead atoms. The number of carbonyl (C=O) groups is 2. The average Bonchev–Trinajstić information content (AvgIpc) is 2.70. The third-order valence-corrected chi connectivity index (χ3v) is 4.49. The fourth-order valence-electron chi connectivity index (χ4n) is 2.78. The van der Waals surface area contributed by atoms with E-state index in [2.05, 4.69) is 0 Å². The molecule has 0 saturated heterocycles. The van der Waals surface area contributed by atoms with E-state index in [1.165, 1.54) is 11.0 Å². The van der Waals surface area contributed by atoms with E-state index in [0.717, 1.165) is 0 Å². The summed E-state index contributed by atoms with van der Waals surface area (Å²) in [5.74, 6) is -0.893. The normalized spacial score (nSPS) is 19.8. The average molecular weight is 350 g/mol. The lowest BCUT2D eigenvalue weighted by atomic mass is 9.88. The molecule has 6 heteroatoms. The molecule has 0 aliphatic carbocycles. The van der Waals surface area contributed by atoms with Gasteiger partial charge in [-0.2, -0.15) is 0 Å². The van der Waals surface area contributed by atoms with Crippen LogP contribution in [0.1, 0.15) is 22.3 Å². The molecule has 2 aromatic carbocycles. The van der Waals surface area contributed by atoms with Gasteiger partial charge in [-0.15, -0.1) is 0 Å². The lowest BCUT2D eigenvalue weighted by molar-refractivity contribution is -0.135. The second-order valence-electron chi connectivity index (χ2n) is 5.49. The quantitative estimate of drug-likeness (QED) is 0.863. The molecule has 0 radical (unpaired) electrons. The number of Topliss-reactive ketones (excluding diaryl/α,β-unsaturated/α-hetero) is 1. The van der Waals surface area contributed by atoms with Gasteiger partial charge >= 0.3 is 0 Å². The largest absolute Gasteiger partial charge is 0.375 e. The third-order valence-electron chi connectivity index (χ3n) is 4.01.